The molecular weight excluding hydrogens is 256 g/mol. The van der Waals surface area contributed by atoms with Crippen molar-refractivity contribution in [3.8, 4) is 5.75 Å². The van der Waals surface area contributed by atoms with Crippen molar-refractivity contribution in [3.05, 3.63) is 28.2 Å². The van der Waals surface area contributed by atoms with Crippen molar-refractivity contribution in [1.82, 2.24) is 9.47 Å². The molecule has 2 fully saturated rings. The second kappa shape index (κ2) is 5.22. The largest absolute Gasteiger partial charge is 0.503 e. The minimum atomic E-state index is -0.286. The van der Waals surface area contributed by atoms with Crippen LogP contribution in [-0.4, -0.2) is 39.9 Å². The Labute approximate surface area is 118 Å². The van der Waals surface area contributed by atoms with Crippen LogP contribution in [0.4, 0.5) is 0 Å². The molecule has 2 unspecified atom stereocenters. The summed E-state index contributed by atoms with van der Waals surface area (Å²) in [5.41, 5.74) is 0.711. The van der Waals surface area contributed by atoms with Crippen molar-refractivity contribution in [2.24, 2.45) is 0 Å². The molecule has 1 saturated heterocycles. The maximum absolute atomic E-state index is 11.7. The lowest BCUT2D eigenvalue weighted by Gasteiger charge is -2.35. The van der Waals surface area contributed by atoms with E-state index in [-0.39, 0.29) is 23.4 Å². The highest BCUT2D eigenvalue weighted by Crippen LogP contribution is 2.36. The summed E-state index contributed by atoms with van der Waals surface area (Å²) in [6, 6.07) is 2.03. The van der Waals surface area contributed by atoms with Crippen LogP contribution in [0.3, 0.4) is 0 Å². The molecule has 0 amide bonds. The third kappa shape index (κ3) is 2.88. The van der Waals surface area contributed by atoms with Crippen LogP contribution in [0.25, 0.3) is 0 Å². The highest BCUT2D eigenvalue weighted by Gasteiger charge is 2.28. The summed E-state index contributed by atoms with van der Waals surface area (Å²) in [5.74, 6) is -0.149. The van der Waals surface area contributed by atoms with E-state index in [2.05, 4.69) is 23.3 Å². The van der Waals surface area contributed by atoms with Crippen LogP contribution >= 0.6 is 0 Å². The lowest BCUT2D eigenvalue weighted by Crippen LogP contribution is -2.45. The van der Waals surface area contributed by atoms with Gasteiger partial charge in [0.15, 0.2) is 5.75 Å². The molecule has 2 aliphatic rings. The molecule has 0 radical (unpaired) electrons. The molecule has 0 aromatic carbocycles. The molecule has 3 rings (SSSR count). The van der Waals surface area contributed by atoms with Gasteiger partial charge in [0, 0.05) is 37.4 Å². The Morgan fingerprint density at radius 2 is 1.95 bits per heavy atom. The first-order valence-corrected chi connectivity index (χ1v) is 7.35. The third-order valence-electron chi connectivity index (χ3n) is 3.96. The van der Waals surface area contributed by atoms with Gasteiger partial charge in [0.1, 0.15) is 0 Å². The normalized spacial score (nSPS) is 27.7. The molecule has 0 bridgehead atoms. The smallest absolute Gasteiger partial charge is 0.223 e. The maximum Gasteiger partial charge on any atom is 0.223 e. The standard InChI is InChI=1S/C15H22N2O3/c1-10-6-16(7-11(2)20-10)8-13-5-14(18)15(19)9-17(13)12-3-4-12/h5,9-12,19H,3-4,6-8H2,1-2H3. The van der Waals surface area contributed by atoms with Crippen LogP contribution in [0.5, 0.6) is 5.75 Å². The van der Waals surface area contributed by atoms with E-state index in [1.54, 1.807) is 12.3 Å². The number of hydrogen-bond acceptors (Lipinski definition) is 4. The van der Waals surface area contributed by atoms with E-state index in [1.165, 1.54) is 0 Å². The summed E-state index contributed by atoms with van der Waals surface area (Å²) in [6.45, 7) is 6.65. The van der Waals surface area contributed by atoms with Crippen LogP contribution in [0.2, 0.25) is 0 Å². The zero-order chi connectivity index (χ0) is 14.3. The molecule has 1 aliphatic carbocycles. The fourth-order valence-electron chi connectivity index (χ4n) is 3.04. The fourth-order valence-corrected chi connectivity index (χ4v) is 3.04. The Balaban J connectivity index is 1.82. The molecule has 1 aliphatic heterocycles. The van der Waals surface area contributed by atoms with Gasteiger partial charge in [-0.3, -0.25) is 9.69 Å². The number of pyridine rings is 1. The molecular formula is C15H22N2O3. The van der Waals surface area contributed by atoms with Gasteiger partial charge in [-0.15, -0.1) is 0 Å². The number of aromatic nitrogens is 1. The van der Waals surface area contributed by atoms with Gasteiger partial charge in [-0.25, -0.2) is 0 Å². The summed E-state index contributed by atoms with van der Waals surface area (Å²) in [7, 11) is 0. The maximum atomic E-state index is 11.7. The number of morpholine rings is 1. The molecule has 110 valence electrons. The van der Waals surface area contributed by atoms with Gasteiger partial charge in [0.05, 0.1) is 18.4 Å². The van der Waals surface area contributed by atoms with Crippen molar-refractivity contribution in [2.45, 2.75) is 51.5 Å². The zero-order valence-corrected chi connectivity index (χ0v) is 12.1. The van der Waals surface area contributed by atoms with Crippen molar-refractivity contribution in [2.75, 3.05) is 13.1 Å². The van der Waals surface area contributed by atoms with E-state index in [0.29, 0.717) is 6.04 Å². The second-order valence-corrected chi connectivity index (χ2v) is 6.10. The highest BCUT2D eigenvalue weighted by atomic mass is 16.5. The van der Waals surface area contributed by atoms with Crippen LogP contribution in [0.1, 0.15) is 38.4 Å². The van der Waals surface area contributed by atoms with E-state index in [0.717, 1.165) is 38.2 Å². The molecule has 2 heterocycles. The summed E-state index contributed by atoms with van der Waals surface area (Å²) < 4.78 is 7.81. The molecule has 1 aromatic heterocycles. The molecule has 1 saturated carbocycles. The molecule has 1 N–H and O–H groups in total. The van der Waals surface area contributed by atoms with E-state index in [4.69, 9.17) is 4.74 Å². The molecule has 1 aromatic rings. The van der Waals surface area contributed by atoms with E-state index in [1.807, 2.05) is 0 Å². The summed E-state index contributed by atoms with van der Waals surface area (Å²) in [4.78, 5) is 14.0. The highest BCUT2D eigenvalue weighted by molar-refractivity contribution is 5.22. The SMILES string of the molecule is CC1CN(Cc2cc(=O)c(O)cn2C2CC2)CC(C)O1. The fraction of sp³-hybridized carbons (Fsp3) is 0.667. The quantitative estimate of drug-likeness (QED) is 0.910. The summed E-state index contributed by atoms with van der Waals surface area (Å²) in [6.07, 6.45) is 4.30. The molecule has 20 heavy (non-hydrogen) atoms. The molecule has 2 atom stereocenters. The lowest BCUT2D eigenvalue weighted by molar-refractivity contribution is -0.0710. The van der Waals surface area contributed by atoms with Gasteiger partial charge in [0.2, 0.25) is 5.43 Å². The average Bonchev–Trinajstić information content (AvgIpc) is 3.16. The van der Waals surface area contributed by atoms with Crippen LogP contribution in [0.15, 0.2) is 17.1 Å². The predicted octanol–water partition coefficient (Wildman–Crippen LogP) is 1.50. The predicted molar refractivity (Wildman–Crippen MR) is 75.9 cm³/mol. The van der Waals surface area contributed by atoms with Gasteiger partial charge < -0.3 is 14.4 Å². The van der Waals surface area contributed by atoms with Crippen molar-refractivity contribution in [3.63, 3.8) is 0 Å². The topological polar surface area (TPSA) is 54.7 Å². The first-order chi connectivity index (χ1) is 9.52. The minimum Gasteiger partial charge on any atom is -0.503 e. The first-order valence-electron chi connectivity index (χ1n) is 7.35. The van der Waals surface area contributed by atoms with E-state index in [9.17, 15) is 9.90 Å². The first kappa shape index (κ1) is 13.6. The molecule has 0 spiro atoms. The van der Waals surface area contributed by atoms with E-state index >= 15 is 0 Å². The summed E-state index contributed by atoms with van der Waals surface area (Å²) >= 11 is 0. The van der Waals surface area contributed by atoms with Gasteiger partial charge >= 0.3 is 0 Å². The Kier molecular flexibility index (Phi) is 3.56. The number of aromatic hydroxyl groups is 1. The Morgan fingerprint density at radius 3 is 2.55 bits per heavy atom. The number of nitrogens with zero attached hydrogens (tertiary/aromatic N) is 2. The Morgan fingerprint density at radius 1 is 1.30 bits per heavy atom. The Hall–Kier alpha value is -1.33. The number of rotatable bonds is 3. The molecule has 5 nitrogen and oxygen atoms in total. The van der Waals surface area contributed by atoms with E-state index < -0.39 is 0 Å². The number of ether oxygens (including phenoxy) is 1. The van der Waals surface area contributed by atoms with Crippen molar-refractivity contribution in [1.29, 1.82) is 0 Å². The second-order valence-electron chi connectivity index (χ2n) is 6.10. The van der Waals surface area contributed by atoms with Crippen LogP contribution in [0, 0.1) is 0 Å². The lowest BCUT2D eigenvalue weighted by atomic mass is 10.2. The van der Waals surface area contributed by atoms with Gasteiger partial charge in [-0.05, 0) is 26.7 Å². The van der Waals surface area contributed by atoms with Gasteiger partial charge in [-0.2, -0.15) is 0 Å². The Bertz CT molecular complexity index is 541. The minimum absolute atomic E-state index is 0.149. The summed E-state index contributed by atoms with van der Waals surface area (Å²) in [5, 5.41) is 9.62. The zero-order valence-electron chi connectivity index (χ0n) is 12.1. The van der Waals surface area contributed by atoms with Crippen LogP contribution < -0.4 is 5.43 Å². The van der Waals surface area contributed by atoms with Gasteiger partial charge in [-0.1, -0.05) is 0 Å². The average molecular weight is 278 g/mol. The monoisotopic (exact) mass is 278 g/mol. The third-order valence-corrected chi connectivity index (χ3v) is 3.96. The number of hydrogen-bond donors (Lipinski definition) is 1. The van der Waals surface area contributed by atoms with Crippen molar-refractivity contribution >= 4 is 0 Å². The van der Waals surface area contributed by atoms with Crippen molar-refractivity contribution < 1.29 is 9.84 Å². The molecule has 5 heteroatoms. The van der Waals surface area contributed by atoms with Crippen LogP contribution in [-0.2, 0) is 11.3 Å². The van der Waals surface area contributed by atoms with Gasteiger partial charge in [0.25, 0.3) is 0 Å².